The van der Waals surface area contributed by atoms with Gasteiger partial charge in [0.05, 0.1) is 0 Å². The summed E-state index contributed by atoms with van der Waals surface area (Å²) in [6, 6.07) is 1.24. The molecular formula is C17H38OSi. The van der Waals surface area contributed by atoms with Crippen molar-refractivity contribution in [2.45, 2.75) is 110 Å². The van der Waals surface area contributed by atoms with E-state index in [2.05, 4.69) is 33.9 Å². The molecule has 0 fully saturated rings. The first-order valence-electron chi connectivity index (χ1n) is 8.73. The molecule has 1 unspecified atom stereocenters. The molecule has 0 N–H and O–H groups in total. The molecule has 0 amide bonds. The topological polar surface area (TPSA) is 9.23 Å². The Bertz CT molecular complexity index is 192. The van der Waals surface area contributed by atoms with Crippen LogP contribution in [0.5, 0.6) is 0 Å². The standard InChI is InChI=1S/C17H38OSi/c1-6-9-10-11-12-13-14-16-17(15-7-2)18-19(4,5)8-3/h17H,6-16H2,1-5H3. The first-order chi connectivity index (χ1) is 9.05. The molecule has 0 aliphatic heterocycles. The maximum Gasteiger partial charge on any atom is 0.186 e. The first kappa shape index (κ1) is 19.2. The van der Waals surface area contributed by atoms with E-state index in [-0.39, 0.29) is 0 Å². The highest BCUT2D eigenvalue weighted by atomic mass is 28.4. The number of hydrogen-bond acceptors (Lipinski definition) is 1. The Kier molecular flexibility index (Phi) is 12.1. The summed E-state index contributed by atoms with van der Waals surface area (Å²) in [4.78, 5) is 0. The van der Waals surface area contributed by atoms with Crippen LogP contribution in [0.25, 0.3) is 0 Å². The largest absolute Gasteiger partial charge is 0.414 e. The normalized spacial score (nSPS) is 13.7. The van der Waals surface area contributed by atoms with E-state index in [1.54, 1.807) is 0 Å². The van der Waals surface area contributed by atoms with E-state index < -0.39 is 8.32 Å². The van der Waals surface area contributed by atoms with Crippen molar-refractivity contribution in [3.8, 4) is 0 Å². The van der Waals surface area contributed by atoms with Gasteiger partial charge in [0.1, 0.15) is 0 Å². The van der Waals surface area contributed by atoms with Crippen molar-refractivity contribution in [3.05, 3.63) is 0 Å². The fourth-order valence-electron chi connectivity index (χ4n) is 2.45. The van der Waals surface area contributed by atoms with E-state index in [1.807, 2.05) is 0 Å². The molecule has 116 valence electrons. The number of rotatable bonds is 13. The van der Waals surface area contributed by atoms with Gasteiger partial charge in [-0.25, -0.2) is 0 Å². The molecule has 0 bridgehead atoms. The average molecular weight is 287 g/mol. The van der Waals surface area contributed by atoms with Crippen LogP contribution in [0.3, 0.4) is 0 Å². The second kappa shape index (κ2) is 12.0. The Balaban J connectivity index is 3.70. The molecular weight excluding hydrogens is 248 g/mol. The lowest BCUT2D eigenvalue weighted by Gasteiger charge is -2.28. The SMILES string of the molecule is CCCCCCCCCC(CCC)O[Si](C)(C)CC. The minimum absolute atomic E-state index is 0.544. The van der Waals surface area contributed by atoms with Gasteiger partial charge < -0.3 is 4.43 Å². The van der Waals surface area contributed by atoms with Crippen molar-refractivity contribution in [1.29, 1.82) is 0 Å². The molecule has 0 aromatic heterocycles. The van der Waals surface area contributed by atoms with Crippen LogP contribution in [-0.2, 0) is 4.43 Å². The Labute approximate surface area is 123 Å². The molecule has 0 aromatic carbocycles. The van der Waals surface area contributed by atoms with Gasteiger partial charge in [-0.2, -0.15) is 0 Å². The maximum absolute atomic E-state index is 6.41. The van der Waals surface area contributed by atoms with Gasteiger partial charge in [0, 0.05) is 6.10 Å². The maximum atomic E-state index is 6.41. The molecule has 0 saturated heterocycles. The monoisotopic (exact) mass is 286 g/mol. The lowest BCUT2D eigenvalue weighted by molar-refractivity contribution is 0.166. The molecule has 0 rings (SSSR count). The Morgan fingerprint density at radius 2 is 1.32 bits per heavy atom. The molecule has 0 aliphatic carbocycles. The van der Waals surface area contributed by atoms with Gasteiger partial charge in [0.15, 0.2) is 8.32 Å². The summed E-state index contributed by atoms with van der Waals surface area (Å²) in [6.07, 6.45) is 14.2. The molecule has 0 aromatic rings. The molecule has 0 aliphatic rings. The lowest BCUT2D eigenvalue weighted by atomic mass is 10.0. The highest BCUT2D eigenvalue weighted by Crippen LogP contribution is 2.20. The van der Waals surface area contributed by atoms with Gasteiger partial charge in [-0.3, -0.25) is 0 Å². The van der Waals surface area contributed by atoms with Crippen LogP contribution in [-0.4, -0.2) is 14.4 Å². The summed E-state index contributed by atoms with van der Waals surface area (Å²) in [5, 5.41) is 0. The first-order valence-corrected chi connectivity index (χ1v) is 11.8. The van der Waals surface area contributed by atoms with Crippen LogP contribution in [0.15, 0.2) is 0 Å². The summed E-state index contributed by atoms with van der Waals surface area (Å²) in [6.45, 7) is 11.6. The average Bonchev–Trinajstić information content (AvgIpc) is 2.37. The van der Waals surface area contributed by atoms with E-state index in [4.69, 9.17) is 4.43 Å². The third kappa shape index (κ3) is 11.7. The van der Waals surface area contributed by atoms with Gasteiger partial charge in [-0.1, -0.05) is 72.1 Å². The third-order valence-corrected chi connectivity index (χ3v) is 6.75. The zero-order valence-electron chi connectivity index (χ0n) is 14.3. The van der Waals surface area contributed by atoms with Crippen molar-refractivity contribution in [2.24, 2.45) is 0 Å². The summed E-state index contributed by atoms with van der Waals surface area (Å²) in [7, 11) is -1.36. The van der Waals surface area contributed by atoms with Gasteiger partial charge in [0.25, 0.3) is 0 Å². The van der Waals surface area contributed by atoms with E-state index in [1.165, 1.54) is 70.3 Å². The Morgan fingerprint density at radius 1 is 0.737 bits per heavy atom. The fourth-order valence-corrected chi connectivity index (χ4v) is 3.75. The minimum Gasteiger partial charge on any atom is -0.414 e. The molecule has 0 heterocycles. The van der Waals surface area contributed by atoms with Gasteiger partial charge in [-0.15, -0.1) is 0 Å². The summed E-state index contributed by atoms with van der Waals surface area (Å²) < 4.78 is 6.41. The third-order valence-electron chi connectivity index (χ3n) is 4.08. The van der Waals surface area contributed by atoms with Crippen LogP contribution in [0.1, 0.15) is 85.0 Å². The molecule has 0 spiro atoms. The fraction of sp³-hybridized carbons (Fsp3) is 1.00. The van der Waals surface area contributed by atoms with Crippen molar-refractivity contribution < 1.29 is 4.43 Å². The Hall–Kier alpha value is 0.177. The Morgan fingerprint density at radius 3 is 1.84 bits per heavy atom. The smallest absolute Gasteiger partial charge is 0.186 e. The van der Waals surface area contributed by atoms with E-state index in [0.29, 0.717) is 6.10 Å². The molecule has 1 nitrogen and oxygen atoms in total. The second-order valence-electron chi connectivity index (χ2n) is 6.55. The van der Waals surface area contributed by atoms with Gasteiger partial charge >= 0.3 is 0 Å². The molecule has 0 radical (unpaired) electrons. The predicted molar refractivity (Wildman–Crippen MR) is 90.4 cm³/mol. The van der Waals surface area contributed by atoms with Crippen LogP contribution in [0, 0.1) is 0 Å². The molecule has 2 heteroatoms. The number of unbranched alkanes of at least 4 members (excludes halogenated alkanes) is 6. The minimum atomic E-state index is -1.36. The molecule has 0 saturated carbocycles. The van der Waals surface area contributed by atoms with E-state index in [9.17, 15) is 0 Å². The van der Waals surface area contributed by atoms with Crippen molar-refractivity contribution in [2.75, 3.05) is 0 Å². The zero-order chi connectivity index (χ0) is 14.6. The van der Waals surface area contributed by atoms with Gasteiger partial charge in [0.2, 0.25) is 0 Å². The highest BCUT2D eigenvalue weighted by molar-refractivity contribution is 6.71. The van der Waals surface area contributed by atoms with Crippen LogP contribution < -0.4 is 0 Å². The summed E-state index contributed by atoms with van der Waals surface area (Å²) in [5.74, 6) is 0. The van der Waals surface area contributed by atoms with Crippen LogP contribution in [0.4, 0.5) is 0 Å². The summed E-state index contributed by atoms with van der Waals surface area (Å²) >= 11 is 0. The molecule has 19 heavy (non-hydrogen) atoms. The lowest BCUT2D eigenvalue weighted by Crippen LogP contribution is -2.34. The van der Waals surface area contributed by atoms with Crippen LogP contribution in [0.2, 0.25) is 19.1 Å². The predicted octanol–water partition coefficient (Wildman–Crippen LogP) is 6.54. The zero-order valence-corrected chi connectivity index (χ0v) is 15.3. The number of hydrogen-bond donors (Lipinski definition) is 0. The molecule has 1 atom stereocenters. The second-order valence-corrected chi connectivity index (χ2v) is 11.0. The quantitative estimate of drug-likeness (QED) is 0.276. The van der Waals surface area contributed by atoms with Crippen molar-refractivity contribution in [3.63, 3.8) is 0 Å². The van der Waals surface area contributed by atoms with Crippen molar-refractivity contribution in [1.82, 2.24) is 0 Å². The highest BCUT2D eigenvalue weighted by Gasteiger charge is 2.23. The van der Waals surface area contributed by atoms with Crippen LogP contribution >= 0.6 is 0 Å². The van der Waals surface area contributed by atoms with Crippen molar-refractivity contribution >= 4 is 8.32 Å². The van der Waals surface area contributed by atoms with E-state index >= 15 is 0 Å². The summed E-state index contributed by atoms with van der Waals surface area (Å²) in [5.41, 5.74) is 0. The van der Waals surface area contributed by atoms with Gasteiger partial charge in [-0.05, 0) is 32.0 Å². The van der Waals surface area contributed by atoms with E-state index in [0.717, 1.165) is 0 Å².